The highest BCUT2D eigenvalue weighted by molar-refractivity contribution is 5.79. The minimum atomic E-state index is 0.00423. The maximum Gasteiger partial charge on any atom is 0.226 e. The highest BCUT2D eigenvalue weighted by atomic mass is 16.3. The second kappa shape index (κ2) is 7.09. The minimum Gasteiger partial charge on any atom is -0.396 e. The number of amides is 1. The summed E-state index contributed by atoms with van der Waals surface area (Å²) in [5, 5.41) is 20.6. The molecule has 0 aliphatic carbocycles. The van der Waals surface area contributed by atoms with Crippen molar-refractivity contribution in [3.63, 3.8) is 0 Å². The van der Waals surface area contributed by atoms with Crippen molar-refractivity contribution in [2.75, 3.05) is 19.7 Å². The van der Waals surface area contributed by atoms with Gasteiger partial charge in [0.25, 0.3) is 0 Å². The molecule has 0 radical (unpaired) electrons. The van der Waals surface area contributed by atoms with E-state index in [1.807, 2.05) is 29.2 Å². The van der Waals surface area contributed by atoms with Crippen LogP contribution < -0.4 is 0 Å². The van der Waals surface area contributed by atoms with Crippen molar-refractivity contribution < 1.29 is 9.90 Å². The molecule has 1 aliphatic heterocycles. The molecule has 24 heavy (non-hydrogen) atoms. The van der Waals surface area contributed by atoms with Gasteiger partial charge in [0.1, 0.15) is 6.33 Å². The highest BCUT2D eigenvalue weighted by Crippen LogP contribution is 2.34. The van der Waals surface area contributed by atoms with Crippen molar-refractivity contribution in [2.24, 2.45) is 5.41 Å². The molecule has 1 aliphatic rings. The van der Waals surface area contributed by atoms with Gasteiger partial charge in [-0.1, -0.05) is 19.1 Å². The van der Waals surface area contributed by atoms with Gasteiger partial charge in [-0.15, -0.1) is 5.10 Å². The fourth-order valence-corrected chi connectivity index (χ4v) is 3.19. The van der Waals surface area contributed by atoms with Gasteiger partial charge < -0.3 is 10.0 Å². The lowest BCUT2D eigenvalue weighted by Crippen LogP contribution is -2.44. The molecule has 1 amide bonds. The Morgan fingerprint density at radius 3 is 2.50 bits per heavy atom. The zero-order chi connectivity index (χ0) is 17.0. The second-order valence-electron chi connectivity index (χ2n) is 6.49. The van der Waals surface area contributed by atoms with Crippen LogP contribution in [0.3, 0.4) is 0 Å². The molecule has 2 heterocycles. The summed E-state index contributed by atoms with van der Waals surface area (Å²) < 4.78 is 1.58. The maximum atomic E-state index is 12.5. The first-order valence-corrected chi connectivity index (χ1v) is 8.37. The number of hydrogen-bond acceptors (Lipinski definition) is 5. The van der Waals surface area contributed by atoms with Gasteiger partial charge in [-0.2, -0.15) is 0 Å². The Labute approximate surface area is 141 Å². The van der Waals surface area contributed by atoms with Crippen LogP contribution >= 0.6 is 0 Å². The van der Waals surface area contributed by atoms with Gasteiger partial charge in [0.05, 0.1) is 12.1 Å². The third-order valence-corrected chi connectivity index (χ3v) is 5.17. The van der Waals surface area contributed by atoms with E-state index < -0.39 is 0 Å². The third-order valence-electron chi connectivity index (χ3n) is 5.17. The maximum absolute atomic E-state index is 12.5. The molecule has 0 unspecified atom stereocenters. The molecule has 1 saturated heterocycles. The third kappa shape index (κ3) is 3.46. The lowest BCUT2D eigenvalue weighted by Gasteiger charge is -2.40. The fraction of sp³-hybridized carbons (Fsp3) is 0.529. The molecule has 0 spiro atoms. The Morgan fingerprint density at radius 1 is 1.25 bits per heavy atom. The summed E-state index contributed by atoms with van der Waals surface area (Å²) in [6, 6.07) is 7.68. The van der Waals surface area contributed by atoms with Crippen molar-refractivity contribution in [3.8, 4) is 5.69 Å². The van der Waals surface area contributed by atoms with Crippen molar-refractivity contribution in [3.05, 3.63) is 36.2 Å². The summed E-state index contributed by atoms with van der Waals surface area (Å²) in [4.78, 5) is 14.4. The predicted octanol–water partition coefficient (Wildman–Crippen LogP) is 1.22. The number of rotatable bonds is 5. The quantitative estimate of drug-likeness (QED) is 0.891. The number of carbonyl (C=O) groups excluding carboxylic acids is 1. The molecule has 1 N–H and O–H groups in total. The first kappa shape index (κ1) is 16.6. The average Bonchev–Trinajstić information content (AvgIpc) is 3.17. The number of aromatic nitrogens is 4. The summed E-state index contributed by atoms with van der Waals surface area (Å²) in [7, 11) is 0. The number of piperidine rings is 1. The predicted molar refractivity (Wildman–Crippen MR) is 88.5 cm³/mol. The number of nitrogens with zero attached hydrogens (tertiary/aromatic N) is 5. The van der Waals surface area contributed by atoms with Crippen LogP contribution in [0.2, 0.25) is 0 Å². The van der Waals surface area contributed by atoms with E-state index in [-0.39, 0.29) is 17.9 Å². The summed E-state index contributed by atoms with van der Waals surface area (Å²) >= 11 is 0. The Morgan fingerprint density at radius 2 is 1.96 bits per heavy atom. The van der Waals surface area contributed by atoms with E-state index in [1.165, 1.54) is 6.33 Å². The number of likely N-dealkylation sites (tertiary alicyclic amines) is 1. The zero-order valence-corrected chi connectivity index (χ0v) is 13.9. The van der Waals surface area contributed by atoms with Gasteiger partial charge in [-0.3, -0.25) is 4.79 Å². The highest BCUT2D eigenvalue weighted by Gasteiger charge is 2.33. The topological polar surface area (TPSA) is 84.1 Å². The van der Waals surface area contributed by atoms with Gasteiger partial charge in [-0.25, -0.2) is 4.68 Å². The van der Waals surface area contributed by atoms with Crippen LogP contribution in [-0.2, 0) is 11.2 Å². The van der Waals surface area contributed by atoms with E-state index in [0.717, 1.165) is 43.6 Å². The number of aliphatic hydroxyl groups excluding tert-OH is 1. The standard InChI is InChI=1S/C17H23N5O2/c1-2-17(12-23)7-9-21(10-8-17)16(24)11-14-3-5-15(6-4-14)22-13-18-19-20-22/h3-6,13,23H,2,7-12H2,1H3. The van der Waals surface area contributed by atoms with Gasteiger partial charge >= 0.3 is 0 Å². The first-order chi connectivity index (χ1) is 11.7. The SMILES string of the molecule is CCC1(CO)CCN(C(=O)Cc2ccc(-n3cnnn3)cc2)CC1. The lowest BCUT2D eigenvalue weighted by molar-refractivity contribution is -0.133. The Hall–Kier alpha value is -2.28. The van der Waals surface area contributed by atoms with E-state index in [1.54, 1.807) is 4.68 Å². The average molecular weight is 329 g/mol. The summed E-state index contributed by atoms with van der Waals surface area (Å²) in [6.07, 6.45) is 4.65. The molecular weight excluding hydrogens is 306 g/mol. The van der Waals surface area contributed by atoms with Crippen LogP contribution in [0.25, 0.3) is 5.69 Å². The Bertz CT molecular complexity index is 655. The van der Waals surface area contributed by atoms with Crippen LogP contribution in [0.1, 0.15) is 31.7 Å². The molecule has 1 aromatic carbocycles. The summed E-state index contributed by atoms with van der Waals surface area (Å²) in [6.45, 7) is 3.79. The Balaban J connectivity index is 1.57. The molecule has 3 rings (SSSR count). The van der Waals surface area contributed by atoms with Crippen LogP contribution in [-0.4, -0.2) is 55.8 Å². The van der Waals surface area contributed by atoms with Crippen LogP contribution in [0.5, 0.6) is 0 Å². The minimum absolute atomic E-state index is 0.00423. The normalized spacial score (nSPS) is 17.0. The van der Waals surface area contributed by atoms with Crippen LogP contribution in [0.4, 0.5) is 0 Å². The van der Waals surface area contributed by atoms with Gasteiger partial charge in [0, 0.05) is 19.7 Å². The van der Waals surface area contributed by atoms with Crippen molar-refractivity contribution >= 4 is 5.91 Å². The van der Waals surface area contributed by atoms with Crippen molar-refractivity contribution in [1.82, 2.24) is 25.1 Å². The van der Waals surface area contributed by atoms with E-state index >= 15 is 0 Å². The molecule has 0 saturated carbocycles. The van der Waals surface area contributed by atoms with Gasteiger partial charge in [0.15, 0.2) is 0 Å². The summed E-state index contributed by atoms with van der Waals surface area (Å²) in [5.41, 5.74) is 1.85. The smallest absolute Gasteiger partial charge is 0.226 e. The van der Waals surface area contributed by atoms with Gasteiger partial charge in [0.2, 0.25) is 5.91 Å². The first-order valence-electron chi connectivity index (χ1n) is 8.37. The molecule has 1 fully saturated rings. The molecule has 7 heteroatoms. The summed E-state index contributed by atoms with van der Waals surface area (Å²) in [5.74, 6) is 0.146. The molecule has 1 aromatic heterocycles. The number of hydrogen-bond donors (Lipinski definition) is 1. The molecule has 0 atom stereocenters. The number of benzene rings is 1. The van der Waals surface area contributed by atoms with Crippen molar-refractivity contribution in [2.45, 2.75) is 32.6 Å². The monoisotopic (exact) mass is 329 g/mol. The van der Waals surface area contributed by atoms with Crippen LogP contribution in [0.15, 0.2) is 30.6 Å². The van der Waals surface area contributed by atoms with E-state index in [0.29, 0.717) is 6.42 Å². The van der Waals surface area contributed by atoms with E-state index in [2.05, 4.69) is 22.4 Å². The molecule has 128 valence electrons. The lowest BCUT2D eigenvalue weighted by atomic mass is 9.77. The van der Waals surface area contributed by atoms with Gasteiger partial charge in [-0.05, 0) is 52.8 Å². The zero-order valence-electron chi connectivity index (χ0n) is 13.9. The molecule has 2 aromatic rings. The fourth-order valence-electron chi connectivity index (χ4n) is 3.19. The van der Waals surface area contributed by atoms with Crippen LogP contribution in [0, 0.1) is 5.41 Å². The largest absolute Gasteiger partial charge is 0.396 e. The number of tetrazole rings is 1. The number of carbonyl (C=O) groups is 1. The molecular formula is C17H23N5O2. The number of aliphatic hydroxyl groups is 1. The molecule has 7 nitrogen and oxygen atoms in total. The second-order valence-corrected chi connectivity index (χ2v) is 6.49. The molecule has 0 bridgehead atoms. The van der Waals surface area contributed by atoms with Crippen molar-refractivity contribution in [1.29, 1.82) is 0 Å². The Kier molecular flexibility index (Phi) is 4.89. The van der Waals surface area contributed by atoms with E-state index in [9.17, 15) is 9.90 Å². The van der Waals surface area contributed by atoms with E-state index in [4.69, 9.17) is 0 Å².